The lowest BCUT2D eigenvalue weighted by Gasteiger charge is -2.35. The molecule has 0 unspecified atom stereocenters. The number of carbonyl (C=O) groups is 1. The lowest BCUT2D eigenvalue weighted by Crippen LogP contribution is -2.42. The van der Waals surface area contributed by atoms with Crippen molar-refractivity contribution in [1.82, 2.24) is 14.8 Å². The zero-order chi connectivity index (χ0) is 20.8. The quantitative estimate of drug-likeness (QED) is 0.783. The number of H-pyrrole nitrogens is 1. The molecule has 1 aromatic carbocycles. The van der Waals surface area contributed by atoms with E-state index in [1.165, 1.54) is 23.6 Å². The van der Waals surface area contributed by atoms with Gasteiger partial charge in [0.25, 0.3) is 5.91 Å². The first-order valence-electron chi connectivity index (χ1n) is 10.7. The zero-order valence-corrected chi connectivity index (χ0v) is 17.9. The number of rotatable bonds is 7. The second-order valence-corrected chi connectivity index (χ2v) is 8.28. The molecule has 2 heterocycles. The predicted molar refractivity (Wildman–Crippen MR) is 117 cm³/mol. The van der Waals surface area contributed by atoms with Gasteiger partial charge in [0.15, 0.2) is 0 Å². The van der Waals surface area contributed by atoms with Crippen LogP contribution in [0.4, 0.5) is 0 Å². The van der Waals surface area contributed by atoms with Gasteiger partial charge in [-0.25, -0.2) is 0 Å². The van der Waals surface area contributed by atoms with Gasteiger partial charge in [0, 0.05) is 44.0 Å². The average molecular weight is 396 g/mol. The molecule has 1 aliphatic heterocycles. The van der Waals surface area contributed by atoms with Crippen molar-refractivity contribution in [3.05, 3.63) is 69.1 Å². The Balaban J connectivity index is 1.55. The molecular formula is C24H33N3O2. The first-order chi connectivity index (χ1) is 14.0. The molecule has 1 aliphatic rings. The van der Waals surface area contributed by atoms with Gasteiger partial charge in [0.1, 0.15) is 0 Å². The summed E-state index contributed by atoms with van der Waals surface area (Å²) >= 11 is 0. The fourth-order valence-electron chi connectivity index (χ4n) is 4.28. The normalized spacial score (nSPS) is 17.3. The number of pyridine rings is 1. The van der Waals surface area contributed by atoms with Crippen LogP contribution in [-0.2, 0) is 12.8 Å². The van der Waals surface area contributed by atoms with Gasteiger partial charge >= 0.3 is 0 Å². The lowest BCUT2D eigenvalue weighted by molar-refractivity contribution is 0.0730. The van der Waals surface area contributed by atoms with Gasteiger partial charge in [-0.3, -0.25) is 9.59 Å². The molecule has 0 saturated carbocycles. The van der Waals surface area contributed by atoms with Crippen molar-refractivity contribution < 1.29 is 4.79 Å². The summed E-state index contributed by atoms with van der Waals surface area (Å²) in [6.45, 7) is 8.10. The molecule has 3 rings (SSSR count). The summed E-state index contributed by atoms with van der Waals surface area (Å²) in [6.07, 6.45) is 4.10. The van der Waals surface area contributed by atoms with E-state index in [2.05, 4.69) is 41.1 Å². The highest BCUT2D eigenvalue weighted by Gasteiger charge is 2.23. The Morgan fingerprint density at radius 2 is 2.07 bits per heavy atom. The topological polar surface area (TPSA) is 56.4 Å². The summed E-state index contributed by atoms with van der Waals surface area (Å²) in [4.78, 5) is 31.7. The third-order valence-electron chi connectivity index (χ3n) is 5.97. The number of aromatic nitrogens is 1. The van der Waals surface area contributed by atoms with Gasteiger partial charge in [-0.2, -0.15) is 0 Å². The van der Waals surface area contributed by atoms with E-state index < -0.39 is 0 Å². The number of piperidine rings is 1. The van der Waals surface area contributed by atoms with Crippen molar-refractivity contribution in [3.63, 3.8) is 0 Å². The van der Waals surface area contributed by atoms with E-state index in [9.17, 15) is 9.59 Å². The van der Waals surface area contributed by atoms with E-state index in [-0.39, 0.29) is 11.5 Å². The van der Waals surface area contributed by atoms with E-state index >= 15 is 0 Å². The molecule has 0 aliphatic carbocycles. The van der Waals surface area contributed by atoms with Gasteiger partial charge in [0.2, 0.25) is 5.56 Å². The van der Waals surface area contributed by atoms with Crippen LogP contribution in [0.3, 0.4) is 0 Å². The predicted octanol–water partition coefficient (Wildman–Crippen LogP) is 3.27. The minimum atomic E-state index is -0.207. The Labute approximate surface area is 173 Å². The molecule has 1 aromatic heterocycles. The van der Waals surface area contributed by atoms with Gasteiger partial charge in [0.05, 0.1) is 0 Å². The summed E-state index contributed by atoms with van der Waals surface area (Å²) in [5, 5.41) is 0. The van der Waals surface area contributed by atoms with Gasteiger partial charge in [-0.1, -0.05) is 31.2 Å². The molecule has 0 radical (unpaired) electrons. The molecule has 0 spiro atoms. The van der Waals surface area contributed by atoms with Crippen LogP contribution in [-0.4, -0.2) is 53.9 Å². The summed E-state index contributed by atoms with van der Waals surface area (Å²) in [7, 11) is 1.85. The van der Waals surface area contributed by atoms with Crippen LogP contribution in [0, 0.1) is 12.8 Å². The SMILES string of the molecule is CCc1cc(C(=O)N(C)C[C@H]2CCCN(CCc3ccccc3C)C2)cc(=O)[nH]1. The van der Waals surface area contributed by atoms with Crippen LogP contribution in [0.5, 0.6) is 0 Å². The van der Waals surface area contributed by atoms with Gasteiger partial charge in [-0.05, 0) is 62.3 Å². The third-order valence-corrected chi connectivity index (χ3v) is 5.97. The van der Waals surface area contributed by atoms with E-state index in [0.29, 0.717) is 17.9 Å². The zero-order valence-electron chi connectivity index (χ0n) is 17.9. The Morgan fingerprint density at radius 1 is 1.28 bits per heavy atom. The van der Waals surface area contributed by atoms with E-state index in [1.54, 1.807) is 11.0 Å². The number of aryl methyl sites for hydroxylation is 2. The van der Waals surface area contributed by atoms with Crippen LogP contribution >= 0.6 is 0 Å². The van der Waals surface area contributed by atoms with Crippen LogP contribution in [0.1, 0.15) is 46.9 Å². The molecule has 1 saturated heterocycles. The number of hydrogen-bond acceptors (Lipinski definition) is 3. The molecule has 5 heteroatoms. The molecule has 2 aromatic rings. The fourth-order valence-corrected chi connectivity index (χ4v) is 4.28. The Morgan fingerprint density at radius 3 is 2.83 bits per heavy atom. The lowest BCUT2D eigenvalue weighted by atomic mass is 9.96. The number of aromatic amines is 1. The van der Waals surface area contributed by atoms with Crippen molar-refractivity contribution in [2.75, 3.05) is 33.2 Å². The highest BCUT2D eigenvalue weighted by Crippen LogP contribution is 2.19. The largest absolute Gasteiger partial charge is 0.341 e. The molecule has 1 N–H and O–H groups in total. The van der Waals surface area contributed by atoms with E-state index in [4.69, 9.17) is 0 Å². The Kier molecular flexibility index (Phi) is 7.26. The van der Waals surface area contributed by atoms with Crippen molar-refractivity contribution in [2.24, 2.45) is 5.92 Å². The number of carbonyl (C=O) groups excluding carboxylic acids is 1. The number of hydrogen-bond donors (Lipinski definition) is 1. The molecule has 5 nitrogen and oxygen atoms in total. The van der Waals surface area contributed by atoms with Crippen LogP contribution in [0.2, 0.25) is 0 Å². The highest BCUT2D eigenvalue weighted by atomic mass is 16.2. The maximum Gasteiger partial charge on any atom is 0.253 e. The monoisotopic (exact) mass is 395 g/mol. The average Bonchev–Trinajstić information content (AvgIpc) is 2.72. The first kappa shape index (κ1) is 21.3. The molecule has 0 bridgehead atoms. The molecule has 29 heavy (non-hydrogen) atoms. The second kappa shape index (κ2) is 9.88. The van der Waals surface area contributed by atoms with Crippen LogP contribution < -0.4 is 5.56 Å². The third kappa shape index (κ3) is 5.80. The molecule has 1 atom stereocenters. The Hall–Kier alpha value is -2.40. The Bertz CT molecular complexity index is 890. The van der Waals surface area contributed by atoms with E-state index in [0.717, 1.165) is 44.7 Å². The summed E-state index contributed by atoms with van der Waals surface area (Å²) in [5.41, 5.74) is 3.86. The molecular weight excluding hydrogens is 362 g/mol. The van der Waals surface area contributed by atoms with Gasteiger partial charge in [-0.15, -0.1) is 0 Å². The van der Waals surface area contributed by atoms with Crippen molar-refractivity contribution in [2.45, 2.75) is 39.5 Å². The minimum Gasteiger partial charge on any atom is -0.341 e. The minimum absolute atomic E-state index is 0.0668. The summed E-state index contributed by atoms with van der Waals surface area (Å²) < 4.78 is 0. The first-order valence-corrected chi connectivity index (χ1v) is 10.7. The van der Waals surface area contributed by atoms with Crippen molar-refractivity contribution >= 4 is 5.91 Å². The van der Waals surface area contributed by atoms with Crippen LogP contribution in [0.15, 0.2) is 41.2 Å². The second-order valence-electron chi connectivity index (χ2n) is 8.28. The smallest absolute Gasteiger partial charge is 0.253 e. The maximum atomic E-state index is 12.8. The maximum absolute atomic E-state index is 12.8. The number of likely N-dealkylation sites (tertiary alicyclic amines) is 1. The summed E-state index contributed by atoms with van der Waals surface area (Å²) in [6, 6.07) is 11.8. The van der Waals surface area contributed by atoms with Crippen molar-refractivity contribution in [3.8, 4) is 0 Å². The number of nitrogens with one attached hydrogen (secondary N) is 1. The van der Waals surface area contributed by atoms with Crippen LogP contribution in [0.25, 0.3) is 0 Å². The number of benzene rings is 1. The number of nitrogens with zero attached hydrogens (tertiary/aromatic N) is 2. The molecule has 1 fully saturated rings. The highest BCUT2D eigenvalue weighted by molar-refractivity contribution is 5.94. The fraction of sp³-hybridized carbons (Fsp3) is 0.500. The van der Waals surface area contributed by atoms with Crippen molar-refractivity contribution in [1.29, 1.82) is 0 Å². The standard InChI is InChI=1S/C24H33N3O2/c1-4-22-14-21(15-23(28)25-22)24(29)26(3)16-19-9-7-12-27(17-19)13-11-20-10-6-5-8-18(20)2/h5-6,8,10,14-15,19H,4,7,9,11-13,16-17H2,1-3H3,(H,25,28)/t19-/m1/s1. The van der Waals surface area contributed by atoms with Gasteiger partial charge < -0.3 is 14.8 Å². The van der Waals surface area contributed by atoms with E-state index in [1.807, 2.05) is 14.0 Å². The summed E-state index contributed by atoms with van der Waals surface area (Å²) in [5.74, 6) is 0.407. The molecule has 156 valence electrons. The molecule has 1 amide bonds. The number of amides is 1.